The zero-order chi connectivity index (χ0) is 17.8. The van der Waals surface area contributed by atoms with Gasteiger partial charge in [0.15, 0.2) is 5.82 Å². The third-order valence-electron chi connectivity index (χ3n) is 4.15. The molecule has 1 saturated heterocycles. The van der Waals surface area contributed by atoms with E-state index in [4.69, 9.17) is 9.26 Å². The van der Waals surface area contributed by atoms with Crippen molar-refractivity contribution in [1.82, 2.24) is 20.0 Å². The average Bonchev–Trinajstić information content (AvgIpc) is 2.99. The molecule has 1 atom stereocenters. The Balaban J connectivity index is 1.65. The standard InChI is InChI=1S/C18H24N4O3/c1-12(2)24-17-8-4-7-15(20-17)18(23)22-9-5-6-14(11-22)10-16-19-13(3)25-21-16/h4,7-8,12,14H,5-6,9-11H2,1-3H3/t14-/m0/s1. The second-order valence-electron chi connectivity index (χ2n) is 6.72. The summed E-state index contributed by atoms with van der Waals surface area (Å²) in [6, 6.07) is 5.32. The third-order valence-corrected chi connectivity index (χ3v) is 4.15. The summed E-state index contributed by atoms with van der Waals surface area (Å²) < 4.78 is 10.6. The summed E-state index contributed by atoms with van der Waals surface area (Å²) in [5, 5.41) is 3.96. The fourth-order valence-electron chi connectivity index (χ4n) is 3.10. The van der Waals surface area contributed by atoms with Gasteiger partial charge in [-0.1, -0.05) is 11.2 Å². The summed E-state index contributed by atoms with van der Waals surface area (Å²) in [5.41, 5.74) is 0.425. The maximum Gasteiger partial charge on any atom is 0.272 e. The number of hydrogen-bond donors (Lipinski definition) is 0. The largest absolute Gasteiger partial charge is 0.475 e. The molecule has 1 aliphatic rings. The van der Waals surface area contributed by atoms with Crippen LogP contribution in [0.5, 0.6) is 5.88 Å². The van der Waals surface area contributed by atoms with Gasteiger partial charge in [0.1, 0.15) is 5.69 Å². The molecular weight excluding hydrogens is 320 g/mol. The molecular formula is C18H24N4O3. The van der Waals surface area contributed by atoms with E-state index >= 15 is 0 Å². The van der Waals surface area contributed by atoms with Crippen molar-refractivity contribution in [2.24, 2.45) is 5.92 Å². The highest BCUT2D eigenvalue weighted by molar-refractivity contribution is 5.92. The molecule has 1 fully saturated rings. The normalized spacial score (nSPS) is 17.8. The Kier molecular flexibility index (Phi) is 5.31. The van der Waals surface area contributed by atoms with Crippen molar-refractivity contribution in [3.05, 3.63) is 35.6 Å². The Morgan fingerprint density at radius 3 is 2.96 bits per heavy atom. The van der Waals surface area contributed by atoms with Crippen LogP contribution in [0, 0.1) is 12.8 Å². The topological polar surface area (TPSA) is 81.4 Å². The summed E-state index contributed by atoms with van der Waals surface area (Å²) >= 11 is 0. The van der Waals surface area contributed by atoms with Crippen molar-refractivity contribution in [3.63, 3.8) is 0 Å². The number of rotatable bonds is 5. The number of aromatic nitrogens is 3. The van der Waals surface area contributed by atoms with E-state index in [1.165, 1.54) is 0 Å². The molecule has 2 aromatic heterocycles. The Morgan fingerprint density at radius 1 is 1.40 bits per heavy atom. The van der Waals surface area contributed by atoms with Crippen LogP contribution in [0.3, 0.4) is 0 Å². The number of ether oxygens (including phenoxy) is 1. The molecule has 0 aliphatic carbocycles. The highest BCUT2D eigenvalue weighted by Crippen LogP contribution is 2.22. The quantitative estimate of drug-likeness (QED) is 0.829. The van der Waals surface area contributed by atoms with Gasteiger partial charge in [-0.05, 0) is 38.7 Å². The molecule has 3 heterocycles. The first kappa shape index (κ1) is 17.4. The van der Waals surface area contributed by atoms with Gasteiger partial charge < -0.3 is 14.2 Å². The number of likely N-dealkylation sites (tertiary alicyclic amines) is 1. The number of piperidine rings is 1. The molecule has 0 N–H and O–H groups in total. The van der Waals surface area contributed by atoms with Crippen molar-refractivity contribution in [2.75, 3.05) is 13.1 Å². The smallest absolute Gasteiger partial charge is 0.272 e. The van der Waals surface area contributed by atoms with Crippen LogP contribution in [-0.4, -0.2) is 45.1 Å². The lowest BCUT2D eigenvalue weighted by atomic mass is 9.94. The second-order valence-corrected chi connectivity index (χ2v) is 6.72. The fourth-order valence-corrected chi connectivity index (χ4v) is 3.10. The van der Waals surface area contributed by atoms with Crippen LogP contribution in [0.2, 0.25) is 0 Å². The second kappa shape index (κ2) is 7.63. The lowest BCUT2D eigenvalue weighted by Gasteiger charge is -2.32. The Morgan fingerprint density at radius 2 is 2.24 bits per heavy atom. The van der Waals surface area contributed by atoms with E-state index in [1.807, 2.05) is 24.8 Å². The fraction of sp³-hybridized carbons (Fsp3) is 0.556. The van der Waals surface area contributed by atoms with Gasteiger partial charge in [-0.25, -0.2) is 4.98 Å². The van der Waals surface area contributed by atoms with E-state index < -0.39 is 0 Å². The molecule has 1 aliphatic heterocycles. The molecule has 134 valence electrons. The monoisotopic (exact) mass is 344 g/mol. The lowest BCUT2D eigenvalue weighted by Crippen LogP contribution is -2.41. The van der Waals surface area contributed by atoms with E-state index in [2.05, 4.69) is 15.1 Å². The predicted molar refractivity (Wildman–Crippen MR) is 91.4 cm³/mol. The van der Waals surface area contributed by atoms with Crippen molar-refractivity contribution in [3.8, 4) is 5.88 Å². The average molecular weight is 344 g/mol. The molecule has 0 unspecified atom stereocenters. The van der Waals surface area contributed by atoms with Crippen LogP contribution in [0.15, 0.2) is 22.7 Å². The van der Waals surface area contributed by atoms with Crippen LogP contribution < -0.4 is 4.74 Å². The molecule has 0 bridgehead atoms. The molecule has 0 aromatic carbocycles. The van der Waals surface area contributed by atoms with Gasteiger partial charge in [0, 0.05) is 32.5 Å². The molecule has 3 rings (SSSR count). The van der Waals surface area contributed by atoms with Crippen LogP contribution in [0.1, 0.15) is 48.9 Å². The highest BCUT2D eigenvalue weighted by atomic mass is 16.5. The Labute approximate surface area is 147 Å². The number of amides is 1. The highest BCUT2D eigenvalue weighted by Gasteiger charge is 2.26. The van der Waals surface area contributed by atoms with Crippen LogP contribution >= 0.6 is 0 Å². The van der Waals surface area contributed by atoms with Gasteiger partial charge in [0.05, 0.1) is 6.10 Å². The number of carbonyl (C=O) groups excluding carboxylic acids is 1. The molecule has 2 aromatic rings. The molecule has 0 saturated carbocycles. The van der Waals surface area contributed by atoms with Crippen LogP contribution in [-0.2, 0) is 6.42 Å². The maximum absolute atomic E-state index is 12.8. The molecule has 25 heavy (non-hydrogen) atoms. The van der Waals surface area contributed by atoms with Gasteiger partial charge in [0.25, 0.3) is 5.91 Å². The van der Waals surface area contributed by atoms with Gasteiger partial charge in [-0.2, -0.15) is 4.98 Å². The number of aryl methyl sites for hydroxylation is 1. The zero-order valence-electron chi connectivity index (χ0n) is 14.9. The van der Waals surface area contributed by atoms with Crippen LogP contribution in [0.4, 0.5) is 0 Å². The first-order valence-electron chi connectivity index (χ1n) is 8.73. The first-order valence-corrected chi connectivity index (χ1v) is 8.73. The van der Waals surface area contributed by atoms with Crippen molar-refractivity contribution in [2.45, 2.75) is 46.1 Å². The summed E-state index contributed by atoms with van der Waals surface area (Å²) in [6.45, 7) is 7.09. The minimum absolute atomic E-state index is 0.0237. The molecule has 7 nitrogen and oxygen atoms in total. The summed E-state index contributed by atoms with van der Waals surface area (Å²) in [4.78, 5) is 23.3. The summed E-state index contributed by atoms with van der Waals surface area (Å²) in [7, 11) is 0. The Bertz CT molecular complexity index is 729. The summed E-state index contributed by atoms with van der Waals surface area (Å²) in [6.07, 6.45) is 2.78. The van der Waals surface area contributed by atoms with Gasteiger partial charge in [0.2, 0.25) is 11.8 Å². The van der Waals surface area contributed by atoms with Crippen molar-refractivity contribution in [1.29, 1.82) is 0 Å². The van der Waals surface area contributed by atoms with Crippen molar-refractivity contribution >= 4 is 5.91 Å². The zero-order valence-corrected chi connectivity index (χ0v) is 14.9. The van der Waals surface area contributed by atoms with Crippen molar-refractivity contribution < 1.29 is 14.1 Å². The molecule has 0 spiro atoms. The third kappa shape index (κ3) is 4.55. The number of hydrogen-bond acceptors (Lipinski definition) is 6. The molecule has 0 radical (unpaired) electrons. The summed E-state index contributed by atoms with van der Waals surface area (Å²) in [5.74, 6) is 2.05. The molecule has 7 heteroatoms. The predicted octanol–water partition coefficient (Wildman–Crippen LogP) is 2.66. The SMILES string of the molecule is Cc1nc(C[C@@H]2CCCN(C(=O)c3cccc(OC(C)C)n3)C2)no1. The lowest BCUT2D eigenvalue weighted by molar-refractivity contribution is 0.0664. The van der Waals surface area contributed by atoms with Gasteiger partial charge in [-0.15, -0.1) is 0 Å². The van der Waals surface area contributed by atoms with E-state index in [0.29, 0.717) is 35.8 Å². The van der Waals surface area contributed by atoms with Crippen LogP contribution in [0.25, 0.3) is 0 Å². The van der Waals surface area contributed by atoms with E-state index in [-0.39, 0.29) is 12.0 Å². The minimum Gasteiger partial charge on any atom is -0.475 e. The maximum atomic E-state index is 12.8. The number of nitrogens with zero attached hydrogens (tertiary/aromatic N) is 4. The van der Waals surface area contributed by atoms with Gasteiger partial charge >= 0.3 is 0 Å². The van der Waals surface area contributed by atoms with E-state index in [9.17, 15) is 4.79 Å². The number of pyridine rings is 1. The number of carbonyl (C=O) groups is 1. The van der Waals surface area contributed by atoms with E-state index in [0.717, 1.165) is 25.8 Å². The van der Waals surface area contributed by atoms with Gasteiger partial charge in [-0.3, -0.25) is 4.79 Å². The first-order chi connectivity index (χ1) is 12.0. The Hall–Kier alpha value is -2.44. The van der Waals surface area contributed by atoms with E-state index in [1.54, 1.807) is 19.1 Å². The minimum atomic E-state index is -0.0526. The molecule has 1 amide bonds.